The van der Waals surface area contributed by atoms with E-state index in [2.05, 4.69) is 15.7 Å². The SMILES string of the molecule is O=C(NC1CC1)c1ccc(-c2cccn3nc(Nc4ccc(C(=O)N5CCOCC5)cc4)nc23)cc1. The minimum Gasteiger partial charge on any atom is -0.378 e. The van der Waals surface area contributed by atoms with Crippen molar-refractivity contribution in [2.24, 2.45) is 0 Å². The number of hydrogen-bond donors (Lipinski definition) is 2. The Labute approximate surface area is 208 Å². The number of carbonyl (C=O) groups excluding carboxylic acids is 2. The molecular formula is C27H26N6O3. The topological polar surface area (TPSA) is 101 Å². The fourth-order valence-electron chi connectivity index (χ4n) is 4.26. The van der Waals surface area contributed by atoms with Gasteiger partial charge in [-0.05, 0) is 66.9 Å². The molecule has 0 spiro atoms. The first kappa shape index (κ1) is 22.2. The number of benzene rings is 2. The Balaban J connectivity index is 1.18. The Morgan fingerprint density at radius 1 is 0.917 bits per heavy atom. The van der Waals surface area contributed by atoms with Gasteiger partial charge in [-0.2, -0.15) is 4.98 Å². The van der Waals surface area contributed by atoms with Gasteiger partial charge in [-0.3, -0.25) is 9.59 Å². The van der Waals surface area contributed by atoms with Crippen molar-refractivity contribution in [3.63, 3.8) is 0 Å². The molecule has 1 saturated heterocycles. The van der Waals surface area contributed by atoms with Gasteiger partial charge < -0.3 is 20.3 Å². The van der Waals surface area contributed by atoms with Gasteiger partial charge in [0.1, 0.15) is 0 Å². The molecule has 1 aliphatic carbocycles. The maximum absolute atomic E-state index is 12.7. The Hall–Kier alpha value is -4.24. The number of nitrogens with zero attached hydrogens (tertiary/aromatic N) is 4. The highest BCUT2D eigenvalue weighted by Crippen LogP contribution is 2.26. The molecule has 182 valence electrons. The number of anilines is 2. The summed E-state index contributed by atoms with van der Waals surface area (Å²) in [5, 5.41) is 10.8. The van der Waals surface area contributed by atoms with Crippen molar-refractivity contribution >= 4 is 29.1 Å². The van der Waals surface area contributed by atoms with Gasteiger partial charge in [0.15, 0.2) is 5.65 Å². The number of amides is 2. The summed E-state index contributed by atoms with van der Waals surface area (Å²) in [6.45, 7) is 2.38. The first-order valence-corrected chi connectivity index (χ1v) is 12.1. The molecule has 3 heterocycles. The van der Waals surface area contributed by atoms with Gasteiger partial charge in [-0.1, -0.05) is 12.1 Å². The summed E-state index contributed by atoms with van der Waals surface area (Å²) >= 11 is 0. The standard InChI is InChI=1S/C27H26N6O3/c34-25(28-21-11-12-21)19-5-3-18(4-6-19)23-2-1-13-33-24(23)30-27(31-33)29-22-9-7-20(8-10-22)26(35)32-14-16-36-17-15-32/h1-10,13,21H,11-12,14-17H2,(H,28,34)(H,29,31). The lowest BCUT2D eigenvalue weighted by Gasteiger charge is -2.26. The molecule has 9 nitrogen and oxygen atoms in total. The fourth-order valence-corrected chi connectivity index (χ4v) is 4.26. The smallest absolute Gasteiger partial charge is 0.254 e. The molecule has 2 aromatic carbocycles. The minimum atomic E-state index is -0.0334. The average molecular weight is 483 g/mol. The van der Waals surface area contributed by atoms with Crippen LogP contribution in [0.4, 0.5) is 11.6 Å². The van der Waals surface area contributed by atoms with Gasteiger partial charge in [0.25, 0.3) is 11.8 Å². The van der Waals surface area contributed by atoms with E-state index in [-0.39, 0.29) is 11.8 Å². The summed E-state index contributed by atoms with van der Waals surface area (Å²) in [7, 11) is 0. The molecule has 36 heavy (non-hydrogen) atoms. The van der Waals surface area contributed by atoms with Crippen molar-refractivity contribution in [3.8, 4) is 11.1 Å². The molecule has 2 aromatic heterocycles. The second-order valence-corrected chi connectivity index (χ2v) is 9.06. The highest BCUT2D eigenvalue weighted by Gasteiger charge is 2.24. The van der Waals surface area contributed by atoms with Crippen LogP contribution in [-0.4, -0.2) is 63.7 Å². The highest BCUT2D eigenvalue weighted by molar-refractivity contribution is 5.95. The van der Waals surface area contributed by atoms with Gasteiger partial charge in [0, 0.05) is 47.7 Å². The molecule has 2 amide bonds. The summed E-state index contributed by atoms with van der Waals surface area (Å²) in [4.78, 5) is 31.5. The lowest BCUT2D eigenvalue weighted by atomic mass is 10.0. The van der Waals surface area contributed by atoms with E-state index in [4.69, 9.17) is 9.72 Å². The second kappa shape index (κ2) is 9.43. The summed E-state index contributed by atoms with van der Waals surface area (Å²) in [5.74, 6) is 0.431. The molecule has 4 aromatic rings. The van der Waals surface area contributed by atoms with Crippen molar-refractivity contribution in [1.82, 2.24) is 24.8 Å². The Morgan fingerprint density at radius 3 is 2.36 bits per heavy atom. The lowest BCUT2D eigenvalue weighted by Crippen LogP contribution is -2.40. The molecule has 1 saturated carbocycles. The molecule has 0 bridgehead atoms. The number of morpholine rings is 1. The molecule has 2 aliphatic rings. The Kier molecular flexibility index (Phi) is 5.82. The van der Waals surface area contributed by atoms with E-state index >= 15 is 0 Å². The number of carbonyl (C=O) groups is 2. The van der Waals surface area contributed by atoms with Crippen LogP contribution in [0.1, 0.15) is 33.6 Å². The highest BCUT2D eigenvalue weighted by atomic mass is 16.5. The quantitative estimate of drug-likeness (QED) is 0.436. The maximum Gasteiger partial charge on any atom is 0.254 e. The zero-order valence-electron chi connectivity index (χ0n) is 19.7. The molecule has 9 heteroatoms. The predicted octanol–water partition coefficient (Wildman–Crippen LogP) is 3.50. The van der Waals surface area contributed by atoms with Crippen molar-refractivity contribution in [3.05, 3.63) is 78.0 Å². The lowest BCUT2D eigenvalue weighted by molar-refractivity contribution is 0.0303. The second-order valence-electron chi connectivity index (χ2n) is 9.06. The molecule has 2 N–H and O–H groups in total. The Bertz CT molecular complexity index is 1400. The van der Waals surface area contributed by atoms with Crippen molar-refractivity contribution in [2.45, 2.75) is 18.9 Å². The minimum absolute atomic E-state index is 0.0105. The van der Waals surface area contributed by atoms with Crippen LogP contribution in [0.2, 0.25) is 0 Å². The summed E-state index contributed by atoms with van der Waals surface area (Å²) in [6.07, 6.45) is 3.97. The van der Waals surface area contributed by atoms with Gasteiger partial charge in [-0.25, -0.2) is 4.52 Å². The van der Waals surface area contributed by atoms with Gasteiger partial charge >= 0.3 is 0 Å². The van der Waals surface area contributed by atoms with Gasteiger partial charge in [0.05, 0.1) is 13.2 Å². The zero-order chi connectivity index (χ0) is 24.5. The van der Waals surface area contributed by atoms with Crippen LogP contribution in [0.15, 0.2) is 66.9 Å². The van der Waals surface area contributed by atoms with Gasteiger partial charge in [-0.15, -0.1) is 5.10 Å². The molecule has 6 rings (SSSR count). The van der Waals surface area contributed by atoms with Crippen LogP contribution in [0.25, 0.3) is 16.8 Å². The molecule has 0 atom stereocenters. The van der Waals surface area contributed by atoms with E-state index in [1.54, 1.807) is 4.52 Å². The number of hydrogen-bond acceptors (Lipinski definition) is 6. The van der Waals surface area contributed by atoms with E-state index < -0.39 is 0 Å². The van der Waals surface area contributed by atoms with Crippen LogP contribution >= 0.6 is 0 Å². The Morgan fingerprint density at radius 2 is 1.64 bits per heavy atom. The van der Waals surface area contributed by atoms with Crippen LogP contribution in [0.5, 0.6) is 0 Å². The van der Waals surface area contributed by atoms with E-state index in [9.17, 15) is 9.59 Å². The first-order valence-electron chi connectivity index (χ1n) is 12.1. The number of ether oxygens (including phenoxy) is 1. The third-order valence-corrected chi connectivity index (χ3v) is 6.42. The molecule has 1 aliphatic heterocycles. The van der Waals surface area contributed by atoms with Crippen LogP contribution in [0, 0.1) is 0 Å². The largest absolute Gasteiger partial charge is 0.378 e. The molecule has 2 fully saturated rings. The normalized spacial score (nSPS) is 15.6. The molecule has 0 radical (unpaired) electrons. The predicted molar refractivity (Wildman–Crippen MR) is 135 cm³/mol. The monoisotopic (exact) mass is 482 g/mol. The van der Waals surface area contributed by atoms with Crippen molar-refractivity contribution in [1.29, 1.82) is 0 Å². The average Bonchev–Trinajstić information content (AvgIpc) is 3.64. The maximum atomic E-state index is 12.7. The number of rotatable bonds is 6. The van der Waals surface area contributed by atoms with Crippen LogP contribution < -0.4 is 10.6 Å². The number of fused-ring (bicyclic) bond motifs is 1. The third-order valence-electron chi connectivity index (χ3n) is 6.42. The fraction of sp³-hybridized carbons (Fsp3) is 0.259. The van der Waals surface area contributed by atoms with Gasteiger partial charge in [0.2, 0.25) is 5.95 Å². The summed E-state index contributed by atoms with van der Waals surface area (Å²) in [5.41, 5.74) is 4.65. The van der Waals surface area contributed by atoms with Crippen molar-refractivity contribution < 1.29 is 14.3 Å². The summed E-state index contributed by atoms with van der Waals surface area (Å²) in [6, 6.07) is 19.1. The van der Waals surface area contributed by atoms with Crippen LogP contribution in [0.3, 0.4) is 0 Å². The van der Waals surface area contributed by atoms with E-state index in [0.29, 0.717) is 55.1 Å². The van der Waals surface area contributed by atoms with Crippen LogP contribution in [-0.2, 0) is 4.74 Å². The molecular weight excluding hydrogens is 456 g/mol. The van der Waals surface area contributed by atoms with E-state index in [1.165, 1.54) is 0 Å². The number of aromatic nitrogens is 3. The first-order chi connectivity index (χ1) is 17.6. The van der Waals surface area contributed by atoms with E-state index in [1.807, 2.05) is 71.8 Å². The molecule has 0 unspecified atom stereocenters. The number of nitrogens with one attached hydrogen (secondary N) is 2. The third kappa shape index (κ3) is 4.65. The zero-order valence-corrected chi connectivity index (χ0v) is 19.7. The summed E-state index contributed by atoms with van der Waals surface area (Å²) < 4.78 is 7.05. The number of pyridine rings is 1. The van der Waals surface area contributed by atoms with Crippen molar-refractivity contribution in [2.75, 3.05) is 31.6 Å². The van der Waals surface area contributed by atoms with E-state index in [0.717, 1.165) is 29.7 Å².